The Bertz CT molecular complexity index is 92.0. The van der Waals surface area contributed by atoms with E-state index < -0.39 is 0 Å². The maximum absolute atomic E-state index is 2.39. The summed E-state index contributed by atoms with van der Waals surface area (Å²) in [6, 6.07) is 0. The molecule has 0 radical (unpaired) electrons. The topological polar surface area (TPSA) is 0 Å². The molecule has 0 aliphatic heterocycles. The summed E-state index contributed by atoms with van der Waals surface area (Å²) in [6.07, 6.45) is 5.67. The maximum Gasteiger partial charge on any atom is -0.0354 e. The van der Waals surface area contributed by atoms with Crippen molar-refractivity contribution in [2.75, 3.05) is 0 Å². The van der Waals surface area contributed by atoms with Crippen molar-refractivity contribution in [3.05, 3.63) is 0 Å². The van der Waals surface area contributed by atoms with Gasteiger partial charge in [0.25, 0.3) is 0 Å². The Morgan fingerprint density at radius 1 is 0.583 bits per heavy atom. The van der Waals surface area contributed by atoms with Gasteiger partial charge in [0.15, 0.2) is 0 Å². The second-order valence-corrected chi connectivity index (χ2v) is 5.33. The average molecular weight is 170 g/mol. The van der Waals surface area contributed by atoms with Crippen LogP contribution in [0.1, 0.15) is 67.2 Å². The molecule has 1 aliphatic rings. The van der Waals surface area contributed by atoms with E-state index in [1.807, 2.05) is 13.8 Å². The summed E-state index contributed by atoms with van der Waals surface area (Å²) in [6.45, 7) is 13.6. The SMILES string of the molecule is CC.CC1(C)CCC(C)(C)CC1. The van der Waals surface area contributed by atoms with Gasteiger partial charge in [-0.15, -0.1) is 0 Å². The molecule has 1 fully saturated rings. The van der Waals surface area contributed by atoms with Crippen molar-refractivity contribution in [3.8, 4) is 0 Å². The Kier molecular flexibility index (Phi) is 4.30. The predicted molar refractivity (Wildman–Crippen MR) is 57.4 cm³/mol. The molecular weight excluding hydrogens is 144 g/mol. The molecule has 0 aromatic rings. The summed E-state index contributed by atoms with van der Waals surface area (Å²) < 4.78 is 0. The lowest BCUT2D eigenvalue weighted by Gasteiger charge is -2.39. The molecule has 0 unspecified atom stereocenters. The number of rotatable bonds is 0. The van der Waals surface area contributed by atoms with Crippen molar-refractivity contribution in [2.45, 2.75) is 67.2 Å². The third kappa shape index (κ3) is 4.13. The molecule has 0 amide bonds. The third-order valence-electron chi connectivity index (χ3n) is 2.96. The minimum Gasteiger partial charge on any atom is -0.0683 e. The zero-order chi connectivity index (χ0) is 9.83. The quantitative estimate of drug-likeness (QED) is 0.497. The molecule has 12 heavy (non-hydrogen) atoms. The normalized spacial score (nSPS) is 25.5. The lowest BCUT2D eigenvalue weighted by Crippen LogP contribution is -2.26. The summed E-state index contributed by atoms with van der Waals surface area (Å²) in [7, 11) is 0. The lowest BCUT2D eigenvalue weighted by molar-refractivity contribution is 0.133. The van der Waals surface area contributed by atoms with Crippen molar-refractivity contribution in [1.29, 1.82) is 0 Å². The van der Waals surface area contributed by atoms with Gasteiger partial charge < -0.3 is 0 Å². The van der Waals surface area contributed by atoms with E-state index >= 15 is 0 Å². The molecule has 0 aromatic heterocycles. The second kappa shape index (κ2) is 4.30. The van der Waals surface area contributed by atoms with E-state index in [1.54, 1.807) is 0 Å². The molecule has 0 spiro atoms. The first-order valence-corrected chi connectivity index (χ1v) is 5.41. The maximum atomic E-state index is 2.39. The summed E-state index contributed by atoms with van der Waals surface area (Å²) in [4.78, 5) is 0. The highest BCUT2D eigenvalue weighted by Crippen LogP contribution is 2.44. The molecule has 0 heterocycles. The van der Waals surface area contributed by atoms with Crippen LogP contribution < -0.4 is 0 Å². The van der Waals surface area contributed by atoms with Crippen LogP contribution in [0.15, 0.2) is 0 Å². The fourth-order valence-electron chi connectivity index (χ4n) is 1.60. The Balaban J connectivity index is 0.000000561. The third-order valence-corrected chi connectivity index (χ3v) is 2.96. The van der Waals surface area contributed by atoms with Gasteiger partial charge in [-0.1, -0.05) is 41.5 Å². The van der Waals surface area contributed by atoms with Crippen LogP contribution >= 0.6 is 0 Å². The number of hydrogen-bond donors (Lipinski definition) is 0. The molecule has 0 aromatic carbocycles. The summed E-state index contributed by atoms with van der Waals surface area (Å²) >= 11 is 0. The minimum absolute atomic E-state index is 0.634. The van der Waals surface area contributed by atoms with Crippen LogP contribution in [-0.2, 0) is 0 Å². The van der Waals surface area contributed by atoms with Crippen molar-refractivity contribution >= 4 is 0 Å². The molecule has 74 valence electrons. The van der Waals surface area contributed by atoms with Gasteiger partial charge in [-0.05, 0) is 36.5 Å². The van der Waals surface area contributed by atoms with Crippen molar-refractivity contribution in [1.82, 2.24) is 0 Å². The molecule has 1 rings (SSSR count). The van der Waals surface area contributed by atoms with Crippen LogP contribution in [0.5, 0.6) is 0 Å². The van der Waals surface area contributed by atoms with Crippen LogP contribution in [0.2, 0.25) is 0 Å². The monoisotopic (exact) mass is 170 g/mol. The molecule has 1 aliphatic carbocycles. The van der Waals surface area contributed by atoms with Crippen LogP contribution in [0.25, 0.3) is 0 Å². The van der Waals surface area contributed by atoms with Gasteiger partial charge in [0, 0.05) is 0 Å². The van der Waals surface area contributed by atoms with Crippen LogP contribution in [-0.4, -0.2) is 0 Å². The predicted octanol–water partition coefficient (Wildman–Crippen LogP) is 4.64. The zero-order valence-electron chi connectivity index (χ0n) is 9.83. The molecular formula is C12H26. The van der Waals surface area contributed by atoms with E-state index in [1.165, 1.54) is 25.7 Å². The number of hydrogen-bond acceptors (Lipinski definition) is 0. The van der Waals surface area contributed by atoms with Gasteiger partial charge >= 0.3 is 0 Å². The van der Waals surface area contributed by atoms with E-state index in [9.17, 15) is 0 Å². The summed E-state index contributed by atoms with van der Waals surface area (Å²) in [5.74, 6) is 0. The van der Waals surface area contributed by atoms with Crippen molar-refractivity contribution in [3.63, 3.8) is 0 Å². The Morgan fingerprint density at radius 3 is 0.917 bits per heavy atom. The van der Waals surface area contributed by atoms with Gasteiger partial charge in [0.2, 0.25) is 0 Å². The van der Waals surface area contributed by atoms with Crippen LogP contribution in [0.4, 0.5) is 0 Å². The highest BCUT2D eigenvalue weighted by molar-refractivity contribution is 4.82. The second-order valence-electron chi connectivity index (χ2n) is 5.33. The Labute approximate surface area is 78.8 Å². The highest BCUT2D eigenvalue weighted by atomic mass is 14.4. The molecule has 0 heteroatoms. The van der Waals surface area contributed by atoms with Gasteiger partial charge in [0.1, 0.15) is 0 Å². The first-order chi connectivity index (χ1) is 5.41. The van der Waals surface area contributed by atoms with Gasteiger partial charge in [-0.3, -0.25) is 0 Å². The van der Waals surface area contributed by atoms with Gasteiger partial charge in [-0.25, -0.2) is 0 Å². The van der Waals surface area contributed by atoms with Crippen molar-refractivity contribution < 1.29 is 0 Å². The van der Waals surface area contributed by atoms with E-state index in [0.29, 0.717) is 10.8 Å². The standard InChI is InChI=1S/C10H20.C2H6/c1-9(2)5-7-10(3,4)8-6-9;1-2/h5-8H2,1-4H3;1-2H3. The fourth-order valence-corrected chi connectivity index (χ4v) is 1.60. The van der Waals surface area contributed by atoms with Crippen LogP contribution in [0.3, 0.4) is 0 Å². The van der Waals surface area contributed by atoms with E-state index in [0.717, 1.165) is 0 Å². The molecule has 0 atom stereocenters. The van der Waals surface area contributed by atoms with E-state index in [4.69, 9.17) is 0 Å². The first kappa shape index (κ1) is 12.0. The molecule has 0 N–H and O–H groups in total. The molecule has 0 nitrogen and oxygen atoms in total. The summed E-state index contributed by atoms with van der Waals surface area (Å²) in [5, 5.41) is 0. The molecule has 0 saturated heterocycles. The minimum atomic E-state index is 0.634. The smallest absolute Gasteiger partial charge is 0.0354 e. The highest BCUT2D eigenvalue weighted by Gasteiger charge is 2.30. The average Bonchev–Trinajstić information content (AvgIpc) is 2.01. The van der Waals surface area contributed by atoms with E-state index in [-0.39, 0.29) is 0 Å². The largest absolute Gasteiger partial charge is 0.0683 e. The lowest BCUT2D eigenvalue weighted by atomic mass is 9.67. The Morgan fingerprint density at radius 2 is 0.750 bits per heavy atom. The fraction of sp³-hybridized carbons (Fsp3) is 1.00. The zero-order valence-corrected chi connectivity index (χ0v) is 9.83. The van der Waals surface area contributed by atoms with Crippen LogP contribution in [0, 0.1) is 10.8 Å². The molecule has 0 bridgehead atoms. The Hall–Kier alpha value is 0. The summed E-state index contributed by atoms with van der Waals surface area (Å²) in [5.41, 5.74) is 1.27. The first-order valence-electron chi connectivity index (χ1n) is 5.41. The van der Waals surface area contributed by atoms with Gasteiger partial charge in [-0.2, -0.15) is 0 Å². The van der Waals surface area contributed by atoms with Gasteiger partial charge in [0.05, 0.1) is 0 Å². The van der Waals surface area contributed by atoms with Crippen molar-refractivity contribution in [2.24, 2.45) is 10.8 Å². The van der Waals surface area contributed by atoms with E-state index in [2.05, 4.69) is 27.7 Å². The molecule has 1 saturated carbocycles.